The predicted molar refractivity (Wildman–Crippen MR) is 41.7 cm³/mol. The van der Waals surface area contributed by atoms with Crippen molar-refractivity contribution in [2.24, 2.45) is 4.99 Å². The van der Waals surface area contributed by atoms with Crippen LogP contribution in [0.25, 0.3) is 0 Å². The summed E-state index contributed by atoms with van der Waals surface area (Å²) in [6.07, 6.45) is 2.71. The van der Waals surface area contributed by atoms with Gasteiger partial charge in [0, 0.05) is 12.4 Å². The van der Waals surface area contributed by atoms with Gasteiger partial charge in [-0.05, 0) is 6.92 Å². The van der Waals surface area contributed by atoms with Gasteiger partial charge in [0.05, 0.1) is 7.11 Å². The second-order valence-corrected chi connectivity index (χ2v) is 2.36. The summed E-state index contributed by atoms with van der Waals surface area (Å²) in [5.74, 6) is -0.522. The van der Waals surface area contributed by atoms with Crippen molar-refractivity contribution in [1.29, 1.82) is 0 Å². The van der Waals surface area contributed by atoms with Gasteiger partial charge in [-0.1, -0.05) is 0 Å². The molecule has 0 aromatic heterocycles. The Labute approximate surface area is 69.9 Å². The lowest BCUT2D eigenvalue weighted by atomic mass is 10.2. The normalized spacial score (nSPS) is 22.1. The van der Waals surface area contributed by atoms with Crippen molar-refractivity contribution in [2.75, 3.05) is 7.11 Å². The van der Waals surface area contributed by atoms with Gasteiger partial charge in [-0.25, -0.2) is 9.79 Å². The summed E-state index contributed by atoms with van der Waals surface area (Å²) in [7, 11) is 1.28. The smallest absolute Gasteiger partial charge is 0.354 e. The quantitative estimate of drug-likeness (QED) is 0.569. The summed E-state index contributed by atoms with van der Waals surface area (Å²) in [6.45, 7) is 1.65. The molecule has 0 saturated heterocycles. The number of methoxy groups -OCH3 is 1. The van der Waals surface area contributed by atoms with Crippen LogP contribution >= 0.6 is 0 Å². The Morgan fingerprint density at radius 2 is 2.50 bits per heavy atom. The number of nitrogens with zero attached hydrogens (tertiary/aromatic N) is 2. The third kappa shape index (κ3) is 1.45. The van der Waals surface area contributed by atoms with Crippen LogP contribution in [-0.2, 0) is 9.53 Å². The Morgan fingerprint density at radius 3 is 3.08 bits per heavy atom. The fourth-order valence-corrected chi connectivity index (χ4v) is 0.872. The molecule has 0 amide bonds. The van der Waals surface area contributed by atoms with E-state index in [1.54, 1.807) is 6.92 Å². The van der Waals surface area contributed by atoms with Crippen LogP contribution in [0.1, 0.15) is 6.92 Å². The van der Waals surface area contributed by atoms with Gasteiger partial charge in [-0.2, -0.15) is 0 Å². The summed E-state index contributed by atoms with van der Waals surface area (Å²) < 4.78 is 4.47. The van der Waals surface area contributed by atoms with E-state index in [0.29, 0.717) is 0 Å². The summed E-state index contributed by atoms with van der Waals surface area (Å²) in [5, 5.41) is 10.1. The lowest BCUT2D eigenvalue weighted by Gasteiger charge is -2.23. The first-order chi connectivity index (χ1) is 5.66. The Morgan fingerprint density at radius 1 is 1.83 bits per heavy atom. The van der Waals surface area contributed by atoms with E-state index in [1.807, 2.05) is 0 Å². The van der Waals surface area contributed by atoms with Crippen LogP contribution in [0.3, 0.4) is 0 Å². The van der Waals surface area contributed by atoms with Gasteiger partial charge in [-0.3, -0.25) is 10.3 Å². The molecule has 1 heterocycles. The summed E-state index contributed by atoms with van der Waals surface area (Å²) in [6, 6.07) is -0.456. The van der Waals surface area contributed by atoms with E-state index >= 15 is 0 Å². The van der Waals surface area contributed by atoms with Crippen LogP contribution in [0.2, 0.25) is 0 Å². The number of carbonyl (C=O) groups excluding carboxylic acids is 1. The van der Waals surface area contributed by atoms with Gasteiger partial charge in [0.2, 0.25) is 0 Å². The SMILES string of the molecule is COC(=O)C1=NC=CN(O)C1C. The molecule has 0 spiro atoms. The minimum absolute atomic E-state index is 0.197. The molecule has 66 valence electrons. The lowest BCUT2D eigenvalue weighted by molar-refractivity contribution is -0.134. The number of ether oxygens (including phenoxy) is 1. The molecule has 12 heavy (non-hydrogen) atoms. The maximum Gasteiger partial charge on any atom is 0.354 e. The van der Waals surface area contributed by atoms with Crippen molar-refractivity contribution < 1.29 is 14.7 Å². The average molecular weight is 170 g/mol. The summed E-state index contributed by atoms with van der Waals surface area (Å²) in [4.78, 5) is 14.8. The summed E-state index contributed by atoms with van der Waals surface area (Å²) >= 11 is 0. The van der Waals surface area contributed by atoms with Crippen molar-refractivity contribution in [2.45, 2.75) is 13.0 Å². The van der Waals surface area contributed by atoms with Gasteiger partial charge in [0.1, 0.15) is 11.8 Å². The summed E-state index contributed by atoms with van der Waals surface area (Å²) in [5.41, 5.74) is 0.197. The zero-order chi connectivity index (χ0) is 9.14. The highest BCUT2D eigenvalue weighted by atomic mass is 16.5. The van der Waals surface area contributed by atoms with Crippen LogP contribution in [0.15, 0.2) is 17.4 Å². The maximum atomic E-state index is 11.0. The Hall–Kier alpha value is -1.36. The second-order valence-electron chi connectivity index (χ2n) is 2.36. The van der Waals surface area contributed by atoms with Crippen molar-refractivity contribution in [1.82, 2.24) is 5.06 Å². The molecular weight excluding hydrogens is 160 g/mol. The van der Waals surface area contributed by atoms with E-state index < -0.39 is 12.0 Å². The van der Waals surface area contributed by atoms with Gasteiger partial charge >= 0.3 is 5.97 Å². The monoisotopic (exact) mass is 170 g/mol. The van der Waals surface area contributed by atoms with E-state index in [0.717, 1.165) is 5.06 Å². The number of hydroxylamine groups is 2. The highest BCUT2D eigenvalue weighted by Crippen LogP contribution is 2.06. The van der Waals surface area contributed by atoms with E-state index in [9.17, 15) is 4.79 Å². The van der Waals surface area contributed by atoms with Crippen LogP contribution in [0.5, 0.6) is 0 Å². The molecule has 5 heteroatoms. The first-order valence-electron chi connectivity index (χ1n) is 3.46. The van der Waals surface area contributed by atoms with Crippen LogP contribution < -0.4 is 0 Å². The Bertz CT molecular complexity index is 247. The number of aliphatic imine (C=N–C) groups is 1. The molecule has 0 aromatic carbocycles. The maximum absolute atomic E-state index is 11.0. The largest absolute Gasteiger partial charge is 0.464 e. The topological polar surface area (TPSA) is 62.1 Å². The minimum Gasteiger partial charge on any atom is -0.464 e. The van der Waals surface area contributed by atoms with Gasteiger partial charge in [0.15, 0.2) is 0 Å². The molecule has 1 N–H and O–H groups in total. The molecule has 1 atom stereocenters. The van der Waals surface area contributed by atoms with Gasteiger partial charge < -0.3 is 4.74 Å². The van der Waals surface area contributed by atoms with E-state index in [2.05, 4.69) is 9.73 Å². The molecular formula is C7H10N2O3. The van der Waals surface area contributed by atoms with Crippen LogP contribution in [-0.4, -0.2) is 35.1 Å². The molecule has 1 aliphatic rings. The van der Waals surface area contributed by atoms with Crippen molar-refractivity contribution >= 4 is 11.7 Å². The molecule has 1 aliphatic heterocycles. The van der Waals surface area contributed by atoms with Gasteiger partial charge in [0.25, 0.3) is 0 Å². The molecule has 0 aliphatic carbocycles. The van der Waals surface area contributed by atoms with Crippen molar-refractivity contribution in [3.8, 4) is 0 Å². The number of hydrogen-bond donors (Lipinski definition) is 1. The molecule has 5 nitrogen and oxygen atoms in total. The first-order valence-corrected chi connectivity index (χ1v) is 3.46. The highest BCUT2D eigenvalue weighted by Gasteiger charge is 2.24. The standard InChI is InChI=1S/C7H10N2O3/c1-5-6(7(10)12-2)8-3-4-9(5)11/h3-5,11H,1-2H3. The van der Waals surface area contributed by atoms with Crippen LogP contribution in [0.4, 0.5) is 0 Å². The van der Waals surface area contributed by atoms with E-state index in [1.165, 1.54) is 19.5 Å². The second kappa shape index (κ2) is 3.36. The molecule has 0 bridgehead atoms. The number of esters is 1. The zero-order valence-corrected chi connectivity index (χ0v) is 6.89. The fourth-order valence-electron chi connectivity index (χ4n) is 0.872. The molecule has 0 saturated carbocycles. The Kier molecular flexibility index (Phi) is 2.44. The first kappa shape index (κ1) is 8.73. The number of carbonyl (C=O) groups is 1. The molecule has 0 radical (unpaired) electrons. The van der Waals surface area contributed by atoms with Gasteiger partial charge in [-0.15, -0.1) is 0 Å². The van der Waals surface area contributed by atoms with E-state index in [-0.39, 0.29) is 5.71 Å². The van der Waals surface area contributed by atoms with E-state index in [4.69, 9.17) is 5.21 Å². The van der Waals surface area contributed by atoms with Crippen molar-refractivity contribution in [3.63, 3.8) is 0 Å². The highest BCUT2D eigenvalue weighted by molar-refractivity contribution is 6.38. The van der Waals surface area contributed by atoms with Crippen LogP contribution in [0, 0.1) is 0 Å². The molecule has 0 fully saturated rings. The number of hydrogen-bond acceptors (Lipinski definition) is 5. The average Bonchev–Trinajstić information content (AvgIpc) is 2.08. The molecule has 1 unspecified atom stereocenters. The zero-order valence-electron chi connectivity index (χ0n) is 6.89. The predicted octanol–water partition coefficient (Wildman–Crippen LogP) is 0.165. The third-order valence-electron chi connectivity index (χ3n) is 1.62. The Balaban J connectivity index is 2.82. The molecule has 1 rings (SSSR count). The van der Waals surface area contributed by atoms with Crippen molar-refractivity contribution in [3.05, 3.63) is 12.4 Å². The lowest BCUT2D eigenvalue weighted by Crippen LogP contribution is -2.39. The minimum atomic E-state index is -0.522. The third-order valence-corrected chi connectivity index (χ3v) is 1.62. The fraction of sp³-hybridized carbons (Fsp3) is 0.429. The number of rotatable bonds is 1. The molecule has 0 aromatic rings.